The van der Waals surface area contributed by atoms with Crippen LogP contribution in [0, 0.1) is 11.6 Å². The van der Waals surface area contributed by atoms with E-state index in [-0.39, 0.29) is 29.5 Å². The van der Waals surface area contributed by atoms with Crippen LogP contribution in [0.5, 0.6) is 0 Å². The number of pyridine rings is 1. The molecule has 0 aliphatic carbocycles. The van der Waals surface area contributed by atoms with Gasteiger partial charge in [-0.2, -0.15) is 0 Å². The van der Waals surface area contributed by atoms with Crippen molar-refractivity contribution in [1.82, 2.24) is 24.9 Å². The highest BCUT2D eigenvalue weighted by atomic mass is 35.5. The lowest BCUT2D eigenvalue weighted by atomic mass is 9.97. The largest absolute Gasteiger partial charge is 0.394 e. The molecule has 1 amide bonds. The van der Waals surface area contributed by atoms with Crippen LogP contribution >= 0.6 is 35.0 Å². The summed E-state index contributed by atoms with van der Waals surface area (Å²) in [6, 6.07) is 2.72. The molecule has 2 unspecified atom stereocenters. The first-order valence-corrected chi connectivity index (χ1v) is 14.1. The lowest BCUT2D eigenvalue weighted by molar-refractivity contribution is -0.191. The lowest BCUT2D eigenvalue weighted by Gasteiger charge is -2.43. The van der Waals surface area contributed by atoms with Gasteiger partial charge in [-0.25, -0.2) is 18.4 Å². The summed E-state index contributed by atoms with van der Waals surface area (Å²) in [5.41, 5.74) is -0.448. The van der Waals surface area contributed by atoms with Crippen molar-refractivity contribution >= 4 is 40.9 Å². The molecule has 5 atom stereocenters. The van der Waals surface area contributed by atoms with Crippen molar-refractivity contribution in [1.29, 1.82) is 0 Å². The third-order valence-electron chi connectivity index (χ3n) is 6.69. The van der Waals surface area contributed by atoms with Crippen LogP contribution < -0.4 is 0 Å². The SMILES string of the molecule is CCO[C@H]1C(n2cc(-c3cc(F)c(Cl)c(F)c3)nn2)[C@@H](O)C(CO)O[C@@H]1Sc1cc(Cl)cnc1C(=O)N1CCC1. The van der Waals surface area contributed by atoms with Crippen molar-refractivity contribution in [3.05, 3.63) is 58.0 Å². The molecule has 0 saturated carbocycles. The number of hydrogen-bond donors (Lipinski definition) is 2. The van der Waals surface area contributed by atoms with Gasteiger partial charge < -0.3 is 24.6 Å². The van der Waals surface area contributed by atoms with Crippen LogP contribution in [-0.4, -0.2) is 91.0 Å². The molecule has 0 radical (unpaired) electrons. The Morgan fingerprint density at radius 2 is 1.98 bits per heavy atom. The summed E-state index contributed by atoms with van der Waals surface area (Å²) in [5.74, 6) is -2.16. The minimum Gasteiger partial charge on any atom is -0.394 e. The van der Waals surface area contributed by atoms with Crippen LogP contribution in [0.25, 0.3) is 11.3 Å². The number of nitrogens with zero attached hydrogens (tertiary/aromatic N) is 5. The van der Waals surface area contributed by atoms with E-state index in [1.807, 2.05) is 0 Å². The standard InChI is InChI=1S/C25H25Cl2F2N5O5S/c1-2-38-23-21(34-10-16(31-32-34)12-6-14(28)19(27)15(29)7-12)22(36)17(11-35)39-25(23)40-18-8-13(26)9-30-20(18)24(37)33-4-3-5-33/h6-10,17,21-23,25,35-36H,2-5,11H2,1H3/t17?,21?,22-,23-,25+/m0/s1. The lowest BCUT2D eigenvalue weighted by Crippen LogP contribution is -2.56. The van der Waals surface area contributed by atoms with E-state index in [9.17, 15) is 23.8 Å². The van der Waals surface area contributed by atoms with Gasteiger partial charge in [0.25, 0.3) is 5.91 Å². The van der Waals surface area contributed by atoms with Crippen LogP contribution in [0.2, 0.25) is 10.0 Å². The fraction of sp³-hybridized carbons (Fsp3) is 0.440. The van der Waals surface area contributed by atoms with Gasteiger partial charge in [-0.05, 0) is 31.5 Å². The highest BCUT2D eigenvalue weighted by Crippen LogP contribution is 2.41. The molecule has 2 fully saturated rings. The van der Waals surface area contributed by atoms with E-state index in [2.05, 4.69) is 15.3 Å². The molecule has 214 valence electrons. The number of likely N-dealkylation sites (tertiary alicyclic amines) is 1. The third kappa shape index (κ3) is 5.69. The quantitative estimate of drug-likeness (QED) is 0.366. The van der Waals surface area contributed by atoms with Gasteiger partial charge in [0, 0.05) is 36.4 Å². The summed E-state index contributed by atoms with van der Waals surface area (Å²) in [7, 11) is 0. The van der Waals surface area contributed by atoms with Crippen LogP contribution in [0.3, 0.4) is 0 Å². The van der Waals surface area contributed by atoms with Crippen LogP contribution in [0.1, 0.15) is 29.9 Å². The number of thioether (sulfide) groups is 1. The van der Waals surface area contributed by atoms with E-state index in [1.54, 1.807) is 17.9 Å². The molecule has 2 aliphatic rings. The molecule has 2 aromatic heterocycles. The number of benzene rings is 1. The van der Waals surface area contributed by atoms with Gasteiger partial charge in [-0.1, -0.05) is 40.2 Å². The monoisotopic (exact) mass is 615 g/mol. The van der Waals surface area contributed by atoms with Gasteiger partial charge in [-0.15, -0.1) is 5.10 Å². The minimum absolute atomic E-state index is 0.0870. The van der Waals surface area contributed by atoms with Gasteiger partial charge in [-0.3, -0.25) is 4.79 Å². The number of aromatic nitrogens is 4. The maximum Gasteiger partial charge on any atom is 0.273 e. The smallest absolute Gasteiger partial charge is 0.273 e. The zero-order valence-electron chi connectivity index (χ0n) is 21.1. The molecule has 0 spiro atoms. The number of hydrogen-bond acceptors (Lipinski definition) is 9. The Kier molecular flexibility index (Phi) is 8.90. The second kappa shape index (κ2) is 12.2. The van der Waals surface area contributed by atoms with Crippen molar-refractivity contribution < 1.29 is 33.3 Å². The fourth-order valence-electron chi connectivity index (χ4n) is 4.55. The van der Waals surface area contributed by atoms with Crippen molar-refractivity contribution in [2.45, 2.75) is 48.0 Å². The molecule has 2 aliphatic heterocycles. The predicted octanol–water partition coefficient (Wildman–Crippen LogP) is 3.59. The summed E-state index contributed by atoms with van der Waals surface area (Å²) < 4.78 is 41.5. The molecular weight excluding hydrogens is 591 g/mol. The number of carbonyl (C=O) groups is 1. The zero-order chi connectivity index (χ0) is 28.6. The molecule has 4 heterocycles. The number of halogens is 4. The molecule has 3 aromatic rings. The Balaban J connectivity index is 1.49. The molecule has 1 aromatic carbocycles. The molecule has 2 saturated heterocycles. The van der Waals surface area contributed by atoms with Gasteiger partial charge >= 0.3 is 0 Å². The number of carbonyl (C=O) groups excluding carboxylic acids is 1. The maximum absolute atomic E-state index is 14.1. The van der Waals surface area contributed by atoms with E-state index in [1.165, 1.54) is 17.1 Å². The summed E-state index contributed by atoms with van der Waals surface area (Å²) >= 11 is 13.0. The molecule has 2 N–H and O–H groups in total. The third-order valence-corrected chi connectivity index (χ3v) is 8.43. The van der Waals surface area contributed by atoms with Gasteiger partial charge in [0.2, 0.25) is 0 Å². The Hall–Kier alpha value is -2.39. The van der Waals surface area contributed by atoms with Crippen molar-refractivity contribution in [2.24, 2.45) is 0 Å². The first kappa shape index (κ1) is 29.1. The summed E-state index contributed by atoms with van der Waals surface area (Å²) in [6.07, 6.45) is 0.483. The number of aliphatic hydroxyl groups is 2. The molecule has 0 bridgehead atoms. The highest BCUT2D eigenvalue weighted by molar-refractivity contribution is 8.00. The van der Waals surface area contributed by atoms with Gasteiger partial charge in [0.1, 0.15) is 57.8 Å². The van der Waals surface area contributed by atoms with Crippen LogP contribution in [-0.2, 0) is 9.47 Å². The Morgan fingerprint density at radius 1 is 1.25 bits per heavy atom. The van der Waals surface area contributed by atoms with Crippen LogP contribution in [0.4, 0.5) is 8.78 Å². The van der Waals surface area contributed by atoms with E-state index < -0.39 is 53.1 Å². The van der Waals surface area contributed by atoms with Crippen molar-refractivity contribution in [2.75, 3.05) is 26.3 Å². The average molecular weight is 616 g/mol. The summed E-state index contributed by atoms with van der Waals surface area (Å²) in [6.45, 7) is 2.71. The average Bonchev–Trinajstić information content (AvgIpc) is 3.37. The van der Waals surface area contributed by atoms with E-state index in [0.717, 1.165) is 30.3 Å². The van der Waals surface area contributed by atoms with E-state index >= 15 is 0 Å². The maximum atomic E-state index is 14.1. The number of rotatable bonds is 8. The zero-order valence-corrected chi connectivity index (χ0v) is 23.4. The van der Waals surface area contributed by atoms with E-state index in [0.29, 0.717) is 23.0 Å². The van der Waals surface area contributed by atoms with Crippen LogP contribution in [0.15, 0.2) is 35.5 Å². The van der Waals surface area contributed by atoms with Gasteiger partial charge in [0.05, 0.1) is 17.8 Å². The first-order chi connectivity index (χ1) is 19.2. The van der Waals surface area contributed by atoms with Crippen molar-refractivity contribution in [3.8, 4) is 11.3 Å². The van der Waals surface area contributed by atoms with Crippen molar-refractivity contribution in [3.63, 3.8) is 0 Å². The topological polar surface area (TPSA) is 123 Å². The van der Waals surface area contributed by atoms with Gasteiger partial charge in [0.15, 0.2) is 0 Å². The molecule has 5 rings (SSSR count). The fourth-order valence-corrected chi connectivity index (χ4v) is 6.15. The summed E-state index contributed by atoms with van der Waals surface area (Å²) in [4.78, 5) is 19.4. The summed E-state index contributed by atoms with van der Waals surface area (Å²) in [5, 5.41) is 29.0. The highest BCUT2D eigenvalue weighted by Gasteiger charge is 2.48. The second-order valence-electron chi connectivity index (χ2n) is 9.23. The molecule has 15 heteroatoms. The van der Waals surface area contributed by atoms with E-state index in [4.69, 9.17) is 32.7 Å². The molecular formula is C25H25Cl2F2N5O5S. The molecule has 10 nitrogen and oxygen atoms in total. The Bertz CT molecular complexity index is 1370. The Morgan fingerprint density at radius 3 is 2.60 bits per heavy atom. The number of aliphatic hydroxyl groups excluding tert-OH is 2. The first-order valence-electron chi connectivity index (χ1n) is 12.5. The minimum atomic E-state index is -1.30. The molecule has 40 heavy (non-hydrogen) atoms. The number of amides is 1. The predicted molar refractivity (Wildman–Crippen MR) is 142 cm³/mol. The Labute approximate surface area is 242 Å². The second-order valence-corrected chi connectivity index (χ2v) is 11.2. The normalized spacial score (nSPS) is 24.7. The number of ether oxygens (including phenoxy) is 2.